The molecule has 0 unspecified atom stereocenters. The quantitative estimate of drug-likeness (QED) is 0.862. The second kappa shape index (κ2) is 5.41. The molecular weight excluding hydrogens is 224 g/mol. The zero-order valence-corrected chi connectivity index (χ0v) is 11.3. The average molecular weight is 248 g/mol. The van der Waals surface area contributed by atoms with E-state index in [9.17, 15) is 0 Å². The molecular formula is C14H24N4. The zero-order valence-electron chi connectivity index (χ0n) is 11.3. The number of nitrogens with zero attached hydrogens (tertiary/aromatic N) is 3. The number of hydrogen-bond acceptors (Lipinski definition) is 3. The standard InChI is InChI=1S/C14H24N4/c1-2-17(12-5-7-15-8-6-12)10-14-9-16-11-18(14)13-3-4-13/h9,11-13,15H,2-8,10H2,1H3. The molecule has 0 amide bonds. The van der Waals surface area contributed by atoms with Crippen molar-refractivity contribution in [1.29, 1.82) is 0 Å². The lowest BCUT2D eigenvalue weighted by Crippen LogP contribution is -2.42. The summed E-state index contributed by atoms with van der Waals surface area (Å²) in [6.07, 6.45) is 9.31. The van der Waals surface area contributed by atoms with Crippen molar-refractivity contribution in [3.63, 3.8) is 0 Å². The van der Waals surface area contributed by atoms with Gasteiger partial charge in [0.15, 0.2) is 0 Å². The van der Waals surface area contributed by atoms with E-state index < -0.39 is 0 Å². The van der Waals surface area contributed by atoms with E-state index in [2.05, 4.69) is 32.9 Å². The van der Waals surface area contributed by atoms with Crippen molar-refractivity contribution >= 4 is 0 Å². The SMILES string of the molecule is CCN(Cc1cncn1C1CC1)C1CCNCC1. The summed E-state index contributed by atoms with van der Waals surface area (Å²) < 4.78 is 2.39. The highest BCUT2D eigenvalue weighted by molar-refractivity contribution is 5.04. The van der Waals surface area contributed by atoms with Crippen molar-refractivity contribution in [3.8, 4) is 0 Å². The van der Waals surface area contributed by atoms with E-state index in [1.807, 2.05) is 6.33 Å². The Balaban J connectivity index is 1.66. The van der Waals surface area contributed by atoms with Gasteiger partial charge in [-0.15, -0.1) is 0 Å². The first kappa shape index (κ1) is 12.2. The fraction of sp³-hybridized carbons (Fsp3) is 0.786. The van der Waals surface area contributed by atoms with Crippen LogP contribution in [0.2, 0.25) is 0 Å². The highest BCUT2D eigenvalue weighted by Crippen LogP contribution is 2.36. The fourth-order valence-electron chi connectivity index (χ4n) is 3.02. The van der Waals surface area contributed by atoms with E-state index in [0.29, 0.717) is 0 Å². The molecule has 1 aromatic heterocycles. The molecule has 1 saturated heterocycles. The summed E-state index contributed by atoms with van der Waals surface area (Å²) in [5, 5.41) is 3.45. The van der Waals surface area contributed by atoms with Gasteiger partial charge in [-0.1, -0.05) is 6.92 Å². The van der Waals surface area contributed by atoms with Crippen molar-refractivity contribution in [2.75, 3.05) is 19.6 Å². The van der Waals surface area contributed by atoms with Crippen molar-refractivity contribution in [1.82, 2.24) is 19.8 Å². The summed E-state index contributed by atoms with van der Waals surface area (Å²) >= 11 is 0. The molecule has 2 aliphatic rings. The minimum absolute atomic E-state index is 0.745. The molecule has 0 spiro atoms. The Morgan fingerprint density at radius 3 is 2.78 bits per heavy atom. The first-order valence-electron chi connectivity index (χ1n) is 7.34. The Labute approximate surface area is 109 Å². The van der Waals surface area contributed by atoms with Crippen molar-refractivity contribution in [2.45, 2.75) is 51.2 Å². The predicted molar refractivity (Wildman–Crippen MR) is 72.5 cm³/mol. The van der Waals surface area contributed by atoms with Gasteiger partial charge in [-0.05, 0) is 45.3 Å². The normalized spacial score (nSPS) is 21.7. The second-order valence-electron chi connectivity index (χ2n) is 5.57. The lowest BCUT2D eigenvalue weighted by molar-refractivity contribution is 0.158. The Morgan fingerprint density at radius 1 is 1.33 bits per heavy atom. The molecule has 4 nitrogen and oxygen atoms in total. The molecule has 0 radical (unpaired) electrons. The maximum absolute atomic E-state index is 4.34. The van der Waals surface area contributed by atoms with Gasteiger partial charge in [-0.25, -0.2) is 4.98 Å². The lowest BCUT2D eigenvalue weighted by atomic mass is 10.0. The summed E-state index contributed by atoms with van der Waals surface area (Å²) in [5.74, 6) is 0. The lowest BCUT2D eigenvalue weighted by Gasteiger charge is -2.33. The highest BCUT2D eigenvalue weighted by Gasteiger charge is 2.27. The summed E-state index contributed by atoms with van der Waals surface area (Å²) in [7, 11) is 0. The van der Waals surface area contributed by atoms with E-state index in [4.69, 9.17) is 0 Å². The third-order valence-corrected chi connectivity index (χ3v) is 4.28. The van der Waals surface area contributed by atoms with Crippen LogP contribution in [0.25, 0.3) is 0 Å². The van der Waals surface area contributed by atoms with Crippen LogP contribution in [0.5, 0.6) is 0 Å². The molecule has 1 saturated carbocycles. The molecule has 18 heavy (non-hydrogen) atoms. The number of aromatic nitrogens is 2. The molecule has 1 aliphatic heterocycles. The minimum atomic E-state index is 0.745. The first-order chi connectivity index (χ1) is 8.88. The first-order valence-corrected chi connectivity index (χ1v) is 7.34. The summed E-state index contributed by atoms with van der Waals surface area (Å²) in [4.78, 5) is 6.96. The molecule has 1 N–H and O–H groups in total. The Bertz CT molecular complexity index is 377. The Kier molecular flexibility index (Phi) is 3.66. The third-order valence-electron chi connectivity index (χ3n) is 4.28. The van der Waals surface area contributed by atoms with E-state index in [0.717, 1.165) is 25.2 Å². The molecule has 0 aromatic carbocycles. The van der Waals surface area contributed by atoms with Gasteiger partial charge in [-0.2, -0.15) is 0 Å². The van der Waals surface area contributed by atoms with Crippen LogP contribution < -0.4 is 5.32 Å². The van der Waals surface area contributed by atoms with Crippen LogP contribution >= 0.6 is 0 Å². The van der Waals surface area contributed by atoms with Crippen LogP contribution in [0.4, 0.5) is 0 Å². The van der Waals surface area contributed by atoms with Crippen LogP contribution in [0, 0.1) is 0 Å². The average Bonchev–Trinajstić information content (AvgIpc) is 3.17. The minimum Gasteiger partial charge on any atom is -0.330 e. The van der Waals surface area contributed by atoms with Crippen LogP contribution in [0.1, 0.15) is 44.3 Å². The van der Waals surface area contributed by atoms with Crippen LogP contribution in [0.3, 0.4) is 0 Å². The van der Waals surface area contributed by atoms with E-state index in [1.165, 1.54) is 44.5 Å². The van der Waals surface area contributed by atoms with Gasteiger partial charge in [0.05, 0.1) is 12.0 Å². The molecule has 1 aromatic rings. The molecule has 100 valence electrons. The maximum Gasteiger partial charge on any atom is 0.0951 e. The molecule has 2 heterocycles. The molecule has 2 fully saturated rings. The van der Waals surface area contributed by atoms with E-state index in [1.54, 1.807) is 0 Å². The summed E-state index contributed by atoms with van der Waals surface area (Å²) in [6.45, 7) is 6.82. The van der Waals surface area contributed by atoms with Crippen molar-refractivity contribution in [3.05, 3.63) is 18.2 Å². The van der Waals surface area contributed by atoms with Gasteiger partial charge in [0.2, 0.25) is 0 Å². The number of hydrogen-bond donors (Lipinski definition) is 1. The van der Waals surface area contributed by atoms with E-state index >= 15 is 0 Å². The van der Waals surface area contributed by atoms with Gasteiger partial charge in [0.25, 0.3) is 0 Å². The smallest absolute Gasteiger partial charge is 0.0951 e. The van der Waals surface area contributed by atoms with E-state index in [-0.39, 0.29) is 0 Å². The van der Waals surface area contributed by atoms with Crippen molar-refractivity contribution in [2.24, 2.45) is 0 Å². The van der Waals surface area contributed by atoms with Gasteiger partial charge in [0, 0.05) is 24.8 Å². The predicted octanol–water partition coefficient (Wildman–Crippen LogP) is 1.79. The van der Waals surface area contributed by atoms with Gasteiger partial charge in [0.1, 0.15) is 0 Å². The van der Waals surface area contributed by atoms with Gasteiger partial charge < -0.3 is 9.88 Å². The largest absolute Gasteiger partial charge is 0.330 e. The second-order valence-corrected chi connectivity index (χ2v) is 5.57. The van der Waals surface area contributed by atoms with Crippen molar-refractivity contribution < 1.29 is 0 Å². The number of nitrogens with one attached hydrogen (secondary N) is 1. The van der Waals surface area contributed by atoms with Crippen LogP contribution in [0.15, 0.2) is 12.5 Å². The molecule has 0 atom stereocenters. The topological polar surface area (TPSA) is 33.1 Å². The molecule has 1 aliphatic carbocycles. The van der Waals surface area contributed by atoms with Gasteiger partial charge in [-0.3, -0.25) is 4.90 Å². The Morgan fingerprint density at radius 2 is 2.11 bits per heavy atom. The molecule has 3 rings (SSSR count). The maximum atomic E-state index is 4.34. The molecule has 0 bridgehead atoms. The Hall–Kier alpha value is -0.870. The zero-order chi connectivity index (χ0) is 12.4. The van der Waals surface area contributed by atoms with Crippen LogP contribution in [-0.2, 0) is 6.54 Å². The monoisotopic (exact) mass is 248 g/mol. The summed E-state index contributed by atoms with van der Waals surface area (Å²) in [6, 6.07) is 1.49. The van der Waals surface area contributed by atoms with Gasteiger partial charge >= 0.3 is 0 Å². The number of imidazole rings is 1. The van der Waals surface area contributed by atoms with Crippen LogP contribution in [-0.4, -0.2) is 40.1 Å². The molecule has 4 heteroatoms. The highest BCUT2D eigenvalue weighted by atomic mass is 15.2. The fourth-order valence-corrected chi connectivity index (χ4v) is 3.02. The third kappa shape index (κ3) is 2.59. The number of piperidine rings is 1. The summed E-state index contributed by atoms with van der Waals surface area (Å²) in [5.41, 5.74) is 1.40. The number of rotatable bonds is 5.